The Kier molecular flexibility index (Phi) is 7.73. The molecule has 1 atom stereocenters. The van der Waals surface area contributed by atoms with Crippen molar-refractivity contribution in [1.82, 2.24) is 20.1 Å². The minimum Gasteiger partial charge on any atom is -0.338 e. The molecular formula is C26H34ClN5O2. The van der Waals surface area contributed by atoms with Crippen LogP contribution in [-0.4, -0.2) is 58.9 Å². The number of urea groups is 1. The molecule has 0 spiro atoms. The summed E-state index contributed by atoms with van der Waals surface area (Å²) in [6.45, 7) is 9.92. The van der Waals surface area contributed by atoms with Crippen LogP contribution in [0.25, 0.3) is 0 Å². The first-order valence-corrected chi connectivity index (χ1v) is 12.5. The summed E-state index contributed by atoms with van der Waals surface area (Å²) in [5, 5.41) is 6.66. The summed E-state index contributed by atoms with van der Waals surface area (Å²) in [6, 6.07) is 7.59. The maximum atomic E-state index is 12.8. The lowest BCUT2D eigenvalue weighted by Gasteiger charge is -2.40. The number of anilines is 1. The maximum Gasteiger partial charge on any atom is 0.317 e. The van der Waals surface area contributed by atoms with Crippen LogP contribution in [0.1, 0.15) is 53.9 Å². The Morgan fingerprint density at radius 2 is 2.00 bits per heavy atom. The standard InChI is InChI=1S/C26H34ClN5O2/c1-4-23-8-7-20(14-28-23)25(33)30-24-12-22(27)11-21(18(24)3)16-31-9-10-32(17(2)15-31)26(34)29-13-19-5-6-19/h7-8,11-12,14,17,19H,4-6,9-10,13,15-16H2,1-3H3,(H,29,34)(H,30,33). The van der Waals surface area contributed by atoms with Crippen LogP contribution < -0.4 is 10.6 Å². The number of nitrogens with one attached hydrogen (secondary N) is 2. The molecule has 2 N–H and O–H groups in total. The van der Waals surface area contributed by atoms with E-state index in [0.29, 0.717) is 35.3 Å². The summed E-state index contributed by atoms with van der Waals surface area (Å²) < 4.78 is 0. The molecule has 1 aliphatic heterocycles. The highest BCUT2D eigenvalue weighted by Crippen LogP contribution is 2.28. The second kappa shape index (κ2) is 10.7. The van der Waals surface area contributed by atoms with E-state index < -0.39 is 0 Å². The van der Waals surface area contributed by atoms with Gasteiger partial charge < -0.3 is 15.5 Å². The summed E-state index contributed by atoms with van der Waals surface area (Å²) in [5.74, 6) is 0.471. The van der Waals surface area contributed by atoms with Crippen LogP contribution in [0, 0.1) is 12.8 Å². The van der Waals surface area contributed by atoms with E-state index in [1.54, 1.807) is 18.3 Å². The number of carbonyl (C=O) groups excluding carboxylic acids is 2. The molecule has 3 amide bonds. The molecule has 0 radical (unpaired) electrons. The fourth-order valence-corrected chi connectivity index (χ4v) is 4.61. The van der Waals surface area contributed by atoms with E-state index in [4.69, 9.17) is 11.6 Å². The van der Waals surface area contributed by atoms with Gasteiger partial charge in [0.2, 0.25) is 0 Å². The number of nitrogens with zero attached hydrogens (tertiary/aromatic N) is 3. The molecular weight excluding hydrogens is 450 g/mol. The van der Waals surface area contributed by atoms with Crippen LogP contribution >= 0.6 is 11.6 Å². The monoisotopic (exact) mass is 483 g/mol. The number of pyridine rings is 1. The fraction of sp³-hybridized carbons (Fsp3) is 0.500. The molecule has 8 heteroatoms. The van der Waals surface area contributed by atoms with E-state index in [0.717, 1.165) is 42.9 Å². The zero-order valence-electron chi connectivity index (χ0n) is 20.2. The van der Waals surface area contributed by atoms with Crippen LogP contribution in [0.2, 0.25) is 5.02 Å². The predicted octanol–water partition coefficient (Wildman–Crippen LogP) is 4.48. The van der Waals surface area contributed by atoms with Gasteiger partial charge in [-0.15, -0.1) is 0 Å². The van der Waals surface area contributed by atoms with Crippen molar-refractivity contribution in [3.63, 3.8) is 0 Å². The number of rotatable bonds is 7. The minimum absolute atomic E-state index is 0.0458. The Balaban J connectivity index is 1.38. The average Bonchev–Trinajstić information content (AvgIpc) is 3.65. The third kappa shape index (κ3) is 6.07. The van der Waals surface area contributed by atoms with Crippen LogP contribution in [0.5, 0.6) is 0 Å². The molecule has 182 valence electrons. The highest BCUT2D eigenvalue weighted by molar-refractivity contribution is 6.31. The molecule has 2 aliphatic rings. The Labute approximate surface area is 206 Å². The normalized spacial score (nSPS) is 18.6. The molecule has 1 saturated carbocycles. The van der Waals surface area contributed by atoms with Gasteiger partial charge in [-0.2, -0.15) is 0 Å². The van der Waals surface area contributed by atoms with Crippen molar-refractivity contribution in [3.8, 4) is 0 Å². The number of halogens is 1. The molecule has 2 fully saturated rings. The van der Waals surface area contributed by atoms with E-state index in [2.05, 4.69) is 27.4 Å². The predicted molar refractivity (Wildman–Crippen MR) is 135 cm³/mol. The molecule has 1 aromatic carbocycles. The zero-order valence-corrected chi connectivity index (χ0v) is 21.0. The summed E-state index contributed by atoms with van der Waals surface area (Å²) in [6.07, 6.45) is 4.90. The van der Waals surface area contributed by atoms with E-state index in [9.17, 15) is 9.59 Å². The maximum absolute atomic E-state index is 12.8. The van der Waals surface area contributed by atoms with E-state index >= 15 is 0 Å². The van der Waals surface area contributed by atoms with Crippen molar-refractivity contribution >= 4 is 29.2 Å². The van der Waals surface area contributed by atoms with E-state index in [1.165, 1.54) is 12.8 Å². The number of piperazine rings is 1. The van der Waals surface area contributed by atoms with Gasteiger partial charge in [-0.3, -0.25) is 14.7 Å². The van der Waals surface area contributed by atoms with Crippen LogP contribution in [0.3, 0.4) is 0 Å². The van der Waals surface area contributed by atoms with Gasteiger partial charge in [0.15, 0.2) is 0 Å². The van der Waals surface area contributed by atoms with E-state index in [1.807, 2.05) is 30.9 Å². The summed E-state index contributed by atoms with van der Waals surface area (Å²) >= 11 is 6.42. The quantitative estimate of drug-likeness (QED) is 0.608. The lowest BCUT2D eigenvalue weighted by molar-refractivity contribution is 0.0973. The molecule has 1 unspecified atom stereocenters. The van der Waals surface area contributed by atoms with Crippen molar-refractivity contribution in [1.29, 1.82) is 0 Å². The first-order valence-electron chi connectivity index (χ1n) is 12.2. The van der Waals surface area contributed by atoms with Crippen molar-refractivity contribution in [2.24, 2.45) is 5.92 Å². The Morgan fingerprint density at radius 1 is 1.21 bits per heavy atom. The fourth-order valence-electron chi connectivity index (χ4n) is 4.37. The molecule has 1 saturated heterocycles. The topological polar surface area (TPSA) is 77.6 Å². The van der Waals surface area contributed by atoms with Gasteiger partial charge in [0.25, 0.3) is 5.91 Å². The number of aryl methyl sites for hydroxylation is 1. The number of carbonyl (C=O) groups is 2. The average molecular weight is 484 g/mol. The largest absolute Gasteiger partial charge is 0.338 e. The Morgan fingerprint density at radius 3 is 2.65 bits per heavy atom. The Hall–Kier alpha value is -2.64. The molecule has 1 aromatic heterocycles. The zero-order chi connectivity index (χ0) is 24.2. The third-order valence-electron chi connectivity index (χ3n) is 6.78. The van der Waals surface area contributed by atoms with E-state index in [-0.39, 0.29) is 18.0 Å². The summed E-state index contributed by atoms with van der Waals surface area (Å²) in [4.78, 5) is 33.9. The molecule has 2 aromatic rings. The number of aromatic nitrogens is 1. The highest BCUT2D eigenvalue weighted by atomic mass is 35.5. The second-order valence-electron chi connectivity index (χ2n) is 9.49. The van der Waals surface area contributed by atoms with Gasteiger partial charge in [0.1, 0.15) is 0 Å². The van der Waals surface area contributed by atoms with Crippen LogP contribution in [-0.2, 0) is 13.0 Å². The molecule has 34 heavy (non-hydrogen) atoms. The lowest BCUT2D eigenvalue weighted by Crippen LogP contribution is -2.56. The number of benzene rings is 1. The minimum atomic E-state index is -0.203. The van der Waals surface area contributed by atoms with Crippen LogP contribution in [0.4, 0.5) is 10.5 Å². The van der Waals surface area contributed by atoms with Crippen LogP contribution in [0.15, 0.2) is 30.5 Å². The van der Waals surface area contributed by atoms with Gasteiger partial charge in [0.05, 0.1) is 5.56 Å². The number of hydrogen-bond donors (Lipinski definition) is 2. The van der Waals surface area contributed by atoms with Gasteiger partial charge >= 0.3 is 6.03 Å². The smallest absolute Gasteiger partial charge is 0.317 e. The van der Waals surface area contributed by atoms with Gasteiger partial charge in [-0.1, -0.05) is 18.5 Å². The van der Waals surface area contributed by atoms with Gasteiger partial charge in [0, 0.05) is 61.4 Å². The van der Waals surface area contributed by atoms with Gasteiger partial charge in [-0.25, -0.2) is 4.79 Å². The molecule has 0 bridgehead atoms. The number of amides is 3. The highest BCUT2D eigenvalue weighted by Gasteiger charge is 2.29. The molecule has 4 rings (SSSR count). The van der Waals surface area contributed by atoms with Crippen molar-refractivity contribution < 1.29 is 9.59 Å². The molecule has 1 aliphatic carbocycles. The molecule has 2 heterocycles. The first-order chi connectivity index (χ1) is 16.3. The second-order valence-corrected chi connectivity index (χ2v) is 9.93. The summed E-state index contributed by atoms with van der Waals surface area (Å²) in [7, 11) is 0. The van der Waals surface area contributed by atoms with Crippen molar-refractivity contribution in [2.45, 2.75) is 52.6 Å². The first kappa shape index (κ1) is 24.5. The van der Waals surface area contributed by atoms with Crippen molar-refractivity contribution in [3.05, 3.63) is 57.9 Å². The molecule has 7 nitrogen and oxygen atoms in total. The SMILES string of the molecule is CCc1ccc(C(=O)Nc2cc(Cl)cc(CN3CCN(C(=O)NCC4CC4)C(C)C3)c2C)cn1. The van der Waals surface area contributed by atoms with Gasteiger partial charge in [-0.05, 0) is 74.4 Å². The lowest BCUT2D eigenvalue weighted by atomic mass is 10.0. The summed E-state index contributed by atoms with van der Waals surface area (Å²) in [5.41, 5.74) is 4.24. The van der Waals surface area contributed by atoms with Crippen molar-refractivity contribution in [2.75, 3.05) is 31.5 Å². The number of hydrogen-bond acceptors (Lipinski definition) is 4. The third-order valence-corrected chi connectivity index (χ3v) is 7.00. The Bertz CT molecular complexity index is 1040.